The highest BCUT2D eigenvalue weighted by Crippen LogP contribution is 2.31. The molecule has 112 valence electrons. The SMILES string of the molecule is O=C1CNC(c2cccc([N+](=O)[O-])c2)N1C1CCCSC1. The first-order valence-electron chi connectivity index (χ1n) is 7.03. The van der Waals surface area contributed by atoms with Gasteiger partial charge in [0.2, 0.25) is 5.91 Å². The van der Waals surface area contributed by atoms with Gasteiger partial charge < -0.3 is 4.90 Å². The fraction of sp³-hybridized carbons (Fsp3) is 0.500. The van der Waals surface area contributed by atoms with E-state index in [2.05, 4.69) is 5.32 Å². The van der Waals surface area contributed by atoms with Gasteiger partial charge in [-0.15, -0.1) is 0 Å². The third-order valence-corrected chi connectivity index (χ3v) is 5.14. The molecule has 21 heavy (non-hydrogen) atoms. The summed E-state index contributed by atoms with van der Waals surface area (Å²) in [5, 5.41) is 14.1. The number of nitro groups is 1. The largest absolute Gasteiger partial charge is 0.318 e. The van der Waals surface area contributed by atoms with Gasteiger partial charge in [-0.3, -0.25) is 20.2 Å². The van der Waals surface area contributed by atoms with Gasteiger partial charge in [-0.1, -0.05) is 12.1 Å². The molecule has 0 aliphatic carbocycles. The zero-order chi connectivity index (χ0) is 14.8. The zero-order valence-corrected chi connectivity index (χ0v) is 12.3. The third-order valence-electron chi connectivity index (χ3n) is 3.94. The fourth-order valence-corrected chi connectivity index (χ4v) is 4.10. The first-order chi connectivity index (χ1) is 10.2. The van der Waals surface area contributed by atoms with Crippen LogP contribution in [0.3, 0.4) is 0 Å². The number of hydrogen-bond acceptors (Lipinski definition) is 5. The molecule has 2 saturated heterocycles. The van der Waals surface area contributed by atoms with Crippen LogP contribution in [0.15, 0.2) is 24.3 Å². The lowest BCUT2D eigenvalue weighted by atomic mass is 10.1. The summed E-state index contributed by atoms with van der Waals surface area (Å²) in [5.74, 6) is 2.17. The van der Waals surface area contributed by atoms with Crippen molar-refractivity contribution in [3.63, 3.8) is 0 Å². The van der Waals surface area contributed by atoms with Crippen LogP contribution >= 0.6 is 11.8 Å². The number of thioether (sulfide) groups is 1. The van der Waals surface area contributed by atoms with Gasteiger partial charge in [0.25, 0.3) is 5.69 Å². The Kier molecular flexibility index (Phi) is 4.12. The molecule has 1 aromatic rings. The van der Waals surface area contributed by atoms with Crippen LogP contribution in [-0.4, -0.2) is 39.8 Å². The highest BCUT2D eigenvalue weighted by molar-refractivity contribution is 7.99. The van der Waals surface area contributed by atoms with Gasteiger partial charge in [-0.05, 0) is 24.2 Å². The minimum atomic E-state index is -0.402. The van der Waals surface area contributed by atoms with E-state index in [0.717, 1.165) is 29.9 Å². The molecule has 2 atom stereocenters. The van der Waals surface area contributed by atoms with Crippen molar-refractivity contribution in [2.24, 2.45) is 0 Å². The van der Waals surface area contributed by atoms with Crippen molar-refractivity contribution in [2.75, 3.05) is 18.1 Å². The number of nitrogens with one attached hydrogen (secondary N) is 1. The van der Waals surface area contributed by atoms with Crippen LogP contribution in [0.5, 0.6) is 0 Å². The molecule has 0 radical (unpaired) electrons. The number of non-ortho nitro benzene ring substituents is 1. The van der Waals surface area contributed by atoms with Gasteiger partial charge in [0.05, 0.1) is 11.5 Å². The molecule has 0 bridgehead atoms. The first kappa shape index (κ1) is 14.3. The summed E-state index contributed by atoms with van der Waals surface area (Å²) in [5.41, 5.74) is 0.845. The molecule has 2 heterocycles. The predicted octanol–water partition coefficient (Wildman–Crippen LogP) is 1.92. The van der Waals surface area contributed by atoms with Crippen LogP contribution in [0.1, 0.15) is 24.6 Å². The van der Waals surface area contributed by atoms with E-state index in [-0.39, 0.29) is 23.8 Å². The number of nitrogens with zero attached hydrogens (tertiary/aromatic N) is 2. The summed E-state index contributed by atoms with van der Waals surface area (Å²) in [7, 11) is 0. The Bertz CT molecular complexity index is 560. The molecule has 0 aromatic heterocycles. The number of nitro benzene ring substituents is 1. The molecule has 1 N–H and O–H groups in total. The van der Waals surface area contributed by atoms with Crippen molar-refractivity contribution in [3.05, 3.63) is 39.9 Å². The van der Waals surface area contributed by atoms with E-state index >= 15 is 0 Å². The average molecular weight is 307 g/mol. The number of benzene rings is 1. The molecule has 2 unspecified atom stereocenters. The summed E-state index contributed by atoms with van der Waals surface area (Å²) >= 11 is 1.87. The molecule has 0 spiro atoms. The maximum absolute atomic E-state index is 12.2. The Hall–Kier alpha value is -1.60. The second-order valence-electron chi connectivity index (χ2n) is 5.31. The number of rotatable bonds is 3. The Labute approximate surface area is 127 Å². The van der Waals surface area contributed by atoms with E-state index < -0.39 is 4.92 Å². The predicted molar refractivity (Wildman–Crippen MR) is 81.0 cm³/mol. The minimum Gasteiger partial charge on any atom is -0.318 e. The highest BCUT2D eigenvalue weighted by Gasteiger charge is 2.37. The van der Waals surface area contributed by atoms with Crippen molar-refractivity contribution in [3.8, 4) is 0 Å². The van der Waals surface area contributed by atoms with Crippen LogP contribution in [0.4, 0.5) is 5.69 Å². The van der Waals surface area contributed by atoms with E-state index in [0.29, 0.717) is 6.54 Å². The second kappa shape index (κ2) is 6.03. The van der Waals surface area contributed by atoms with Gasteiger partial charge in [-0.25, -0.2) is 0 Å². The van der Waals surface area contributed by atoms with Crippen LogP contribution in [0.2, 0.25) is 0 Å². The molecule has 1 amide bonds. The highest BCUT2D eigenvalue weighted by atomic mass is 32.2. The average Bonchev–Trinajstić information content (AvgIpc) is 2.90. The molecule has 3 rings (SSSR count). The van der Waals surface area contributed by atoms with Gasteiger partial charge in [0, 0.05) is 23.9 Å². The molecule has 6 nitrogen and oxygen atoms in total. The summed E-state index contributed by atoms with van der Waals surface area (Å²) in [6.45, 7) is 0.300. The van der Waals surface area contributed by atoms with E-state index in [1.165, 1.54) is 6.07 Å². The second-order valence-corrected chi connectivity index (χ2v) is 6.46. The van der Waals surface area contributed by atoms with Gasteiger partial charge in [0.15, 0.2) is 0 Å². The molecule has 2 aliphatic heterocycles. The van der Waals surface area contributed by atoms with Crippen LogP contribution < -0.4 is 5.32 Å². The zero-order valence-electron chi connectivity index (χ0n) is 11.5. The Morgan fingerprint density at radius 3 is 3.00 bits per heavy atom. The van der Waals surface area contributed by atoms with E-state index in [1.54, 1.807) is 12.1 Å². The molecular formula is C14H17N3O3S. The van der Waals surface area contributed by atoms with Crippen molar-refractivity contribution in [1.82, 2.24) is 10.2 Å². The Morgan fingerprint density at radius 2 is 2.29 bits per heavy atom. The maximum Gasteiger partial charge on any atom is 0.269 e. The molecule has 2 fully saturated rings. The molecule has 1 aromatic carbocycles. The quantitative estimate of drug-likeness (QED) is 0.682. The molecule has 0 saturated carbocycles. The van der Waals surface area contributed by atoms with E-state index in [1.807, 2.05) is 22.7 Å². The number of amides is 1. The van der Waals surface area contributed by atoms with Crippen molar-refractivity contribution in [2.45, 2.75) is 25.0 Å². The summed E-state index contributed by atoms with van der Waals surface area (Å²) in [4.78, 5) is 24.6. The Balaban J connectivity index is 1.87. The smallest absolute Gasteiger partial charge is 0.269 e. The number of carbonyl (C=O) groups is 1. The monoisotopic (exact) mass is 307 g/mol. The lowest BCUT2D eigenvalue weighted by Crippen LogP contribution is -2.42. The first-order valence-corrected chi connectivity index (χ1v) is 8.19. The molecule has 2 aliphatic rings. The molecule has 7 heteroatoms. The molecular weight excluding hydrogens is 290 g/mol. The lowest BCUT2D eigenvalue weighted by Gasteiger charge is -2.35. The normalized spacial score (nSPS) is 26.1. The number of hydrogen-bond donors (Lipinski definition) is 1. The van der Waals surface area contributed by atoms with Crippen molar-refractivity contribution < 1.29 is 9.72 Å². The van der Waals surface area contributed by atoms with Crippen LogP contribution in [0.25, 0.3) is 0 Å². The van der Waals surface area contributed by atoms with Crippen LogP contribution in [0, 0.1) is 10.1 Å². The van der Waals surface area contributed by atoms with Crippen LogP contribution in [-0.2, 0) is 4.79 Å². The third kappa shape index (κ3) is 2.89. The van der Waals surface area contributed by atoms with E-state index in [4.69, 9.17) is 0 Å². The van der Waals surface area contributed by atoms with Gasteiger partial charge in [-0.2, -0.15) is 11.8 Å². The van der Waals surface area contributed by atoms with Gasteiger partial charge >= 0.3 is 0 Å². The topological polar surface area (TPSA) is 75.5 Å². The minimum absolute atomic E-state index is 0.0617. The number of carbonyl (C=O) groups excluding carboxylic acids is 1. The van der Waals surface area contributed by atoms with E-state index in [9.17, 15) is 14.9 Å². The Morgan fingerprint density at radius 1 is 1.43 bits per heavy atom. The summed E-state index contributed by atoms with van der Waals surface area (Å²) in [6, 6.07) is 6.76. The van der Waals surface area contributed by atoms with Crippen molar-refractivity contribution >= 4 is 23.4 Å². The van der Waals surface area contributed by atoms with Gasteiger partial charge in [0.1, 0.15) is 6.17 Å². The lowest BCUT2D eigenvalue weighted by molar-refractivity contribution is -0.385. The summed E-state index contributed by atoms with van der Waals surface area (Å²) in [6.07, 6.45) is 1.87. The standard InChI is InChI=1S/C14H17N3O3S/c18-13-8-15-14(16(13)12-5-2-6-21-9-12)10-3-1-4-11(7-10)17(19)20/h1,3-4,7,12,14-15H,2,5-6,8-9H2. The fourth-order valence-electron chi connectivity index (χ4n) is 2.96. The summed E-state index contributed by atoms with van der Waals surface area (Å²) < 4.78 is 0. The van der Waals surface area contributed by atoms with Crippen molar-refractivity contribution in [1.29, 1.82) is 0 Å². The maximum atomic E-state index is 12.2.